The molecule has 2 aliphatic rings. The second-order valence-electron chi connectivity index (χ2n) is 7.77. The SMILES string of the molecule is CCCNC1CCC(CCC)CC1CN1CCC(C)CC1. The lowest BCUT2D eigenvalue weighted by atomic mass is 9.75. The van der Waals surface area contributed by atoms with Crippen LogP contribution < -0.4 is 5.32 Å². The Labute approximate surface area is 133 Å². The first-order valence-corrected chi connectivity index (χ1v) is 9.68. The maximum absolute atomic E-state index is 3.86. The molecule has 2 nitrogen and oxygen atoms in total. The van der Waals surface area contributed by atoms with Crippen LogP contribution in [0.1, 0.15) is 72.1 Å². The van der Waals surface area contributed by atoms with Crippen LogP contribution in [0.4, 0.5) is 0 Å². The quantitative estimate of drug-likeness (QED) is 0.753. The molecule has 0 aromatic heterocycles. The van der Waals surface area contributed by atoms with E-state index in [4.69, 9.17) is 0 Å². The maximum Gasteiger partial charge on any atom is 0.0108 e. The molecule has 2 heteroatoms. The van der Waals surface area contributed by atoms with Gasteiger partial charge in [0, 0.05) is 12.6 Å². The van der Waals surface area contributed by atoms with Crippen molar-refractivity contribution in [1.29, 1.82) is 0 Å². The Morgan fingerprint density at radius 3 is 2.43 bits per heavy atom. The van der Waals surface area contributed by atoms with Gasteiger partial charge in [-0.05, 0) is 75.9 Å². The molecule has 0 bridgehead atoms. The molecule has 0 aromatic carbocycles. The molecule has 3 atom stereocenters. The molecule has 1 heterocycles. The van der Waals surface area contributed by atoms with E-state index in [1.807, 2.05) is 0 Å². The zero-order valence-corrected chi connectivity index (χ0v) is 14.7. The van der Waals surface area contributed by atoms with E-state index in [1.54, 1.807) is 0 Å². The topological polar surface area (TPSA) is 15.3 Å². The Hall–Kier alpha value is -0.0800. The molecule has 1 saturated heterocycles. The van der Waals surface area contributed by atoms with E-state index in [1.165, 1.54) is 77.5 Å². The monoisotopic (exact) mass is 294 g/mol. The number of nitrogens with one attached hydrogen (secondary N) is 1. The van der Waals surface area contributed by atoms with Crippen LogP contribution >= 0.6 is 0 Å². The van der Waals surface area contributed by atoms with Crippen molar-refractivity contribution in [3.63, 3.8) is 0 Å². The lowest BCUT2D eigenvalue weighted by Crippen LogP contribution is -2.47. The number of hydrogen-bond donors (Lipinski definition) is 1. The van der Waals surface area contributed by atoms with Crippen molar-refractivity contribution in [3.8, 4) is 0 Å². The van der Waals surface area contributed by atoms with Crippen molar-refractivity contribution in [3.05, 3.63) is 0 Å². The largest absolute Gasteiger partial charge is 0.314 e. The van der Waals surface area contributed by atoms with E-state index in [-0.39, 0.29) is 0 Å². The first-order chi connectivity index (χ1) is 10.2. The first kappa shape index (κ1) is 17.3. The first-order valence-electron chi connectivity index (χ1n) is 9.68. The van der Waals surface area contributed by atoms with Crippen LogP contribution in [0.3, 0.4) is 0 Å². The minimum absolute atomic E-state index is 0.789. The van der Waals surface area contributed by atoms with Gasteiger partial charge < -0.3 is 10.2 Å². The summed E-state index contributed by atoms with van der Waals surface area (Å²) in [5, 5.41) is 3.86. The smallest absolute Gasteiger partial charge is 0.0108 e. The fraction of sp³-hybridized carbons (Fsp3) is 1.00. The van der Waals surface area contributed by atoms with E-state index >= 15 is 0 Å². The predicted octanol–water partition coefficient (Wildman–Crippen LogP) is 4.30. The second kappa shape index (κ2) is 9.15. The van der Waals surface area contributed by atoms with Gasteiger partial charge in [0.25, 0.3) is 0 Å². The lowest BCUT2D eigenvalue weighted by molar-refractivity contribution is 0.111. The summed E-state index contributed by atoms with van der Waals surface area (Å²) < 4.78 is 0. The van der Waals surface area contributed by atoms with Crippen LogP contribution in [0.2, 0.25) is 0 Å². The highest BCUT2D eigenvalue weighted by Gasteiger charge is 2.31. The summed E-state index contributed by atoms with van der Waals surface area (Å²) in [7, 11) is 0. The molecule has 1 aliphatic carbocycles. The van der Waals surface area contributed by atoms with Gasteiger partial charge in [-0.1, -0.05) is 33.6 Å². The number of piperidine rings is 1. The average Bonchev–Trinajstić information content (AvgIpc) is 2.49. The molecule has 124 valence electrons. The Kier molecular flexibility index (Phi) is 7.53. The van der Waals surface area contributed by atoms with Crippen LogP contribution in [-0.2, 0) is 0 Å². The Morgan fingerprint density at radius 2 is 1.76 bits per heavy atom. The highest BCUT2D eigenvalue weighted by molar-refractivity contribution is 4.87. The number of nitrogens with zero attached hydrogens (tertiary/aromatic N) is 1. The Balaban J connectivity index is 1.86. The normalized spacial score (nSPS) is 32.4. The molecule has 1 aliphatic heterocycles. The highest BCUT2D eigenvalue weighted by Crippen LogP contribution is 2.33. The molecule has 0 spiro atoms. The molecule has 1 saturated carbocycles. The van der Waals surface area contributed by atoms with Gasteiger partial charge in [-0.15, -0.1) is 0 Å². The van der Waals surface area contributed by atoms with Gasteiger partial charge in [0.2, 0.25) is 0 Å². The highest BCUT2D eigenvalue weighted by atomic mass is 15.1. The van der Waals surface area contributed by atoms with Gasteiger partial charge in [-0.3, -0.25) is 0 Å². The average molecular weight is 295 g/mol. The van der Waals surface area contributed by atoms with Crippen LogP contribution in [0.5, 0.6) is 0 Å². The molecule has 0 amide bonds. The molecule has 1 N–H and O–H groups in total. The summed E-state index contributed by atoms with van der Waals surface area (Å²) in [6.45, 7) is 12.3. The summed E-state index contributed by atoms with van der Waals surface area (Å²) >= 11 is 0. The molecule has 0 radical (unpaired) electrons. The third kappa shape index (κ3) is 5.56. The maximum atomic E-state index is 3.86. The van der Waals surface area contributed by atoms with Gasteiger partial charge in [0.1, 0.15) is 0 Å². The molecular formula is C19H38N2. The molecule has 0 aromatic rings. The summed E-state index contributed by atoms with van der Waals surface area (Å²) in [6.07, 6.45) is 11.3. The van der Waals surface area contributed by atoms with Crippen molar-refractivity contribution in [2.45, 2.75) is 78.2 Å². The second-order valence-corrected chi connectivity index (χ2v) is 7.77. The molecule has 21 heavy (non-hydrogen) atoms. The molecule has 3 unspecified atom stereocenters. The van der Waals surface area contributed by atoms with Crippen LogP contribution in [0.25, 0.3) is 0 Å². The number of hydrogen-bond acceptors (Lipinski definition) is 2. The third-order valence-corrected chi connectivity index (χ3v) is 5.81. The minimum Gasteiger partial charge on any atom is -0.314 e. The molecule has 2 rings (SSSR count). The summed E-state index contributed by atoms with van der Waals surface area (Å²) in [6, 6.07) is 0.789. The zero-order chi connectivity index (χ0) is 15.1. The fourth-order valence-corrected chi connectivity index (χ4v) is 4.41. The van der Waals surface area contributed by atoms with Crippen LogP contribution in [0.15, 0.2) is 0 Å². The minimum atomic E-state index is 0.789. The Morgan fingerprint density at radius 1 is 1.00 bits per heavy atom. The lowest BCUT2D eigenvalue weighted by Gasteiger charge is -2.41. The number of rotatable bonds is 7. The van der Waals surface area contributed by atoms with Gasteiger partial charge in [-0.2, -0.15) is 0 Å². The van der Waals surface area contributed by atoms with Crippen molar-refractivity contribution in [2.24, 2.45) is 17.8 Å². The van der Waals surface area contributed by atoms with E-state index in [9.17, 15) is 0 Å². The van der Waals surface area contributed by atoms with Crippen LogP contribution in [0, 0.1) is 17.8 Å². The van der Waals surface area contributed by atoms with Crippen molar-refractivity contribution < 1.29 is 0 Å². The summed E-state index contributed by atoms with van der Waals surface area (Å²) in [4.78, 5) is 2.76. The predicted molar refractivity (Wildman–Crippen MR) is 92.7 cm³/mol. The van der Waals surface area contributed by atoms with Crippen molar-refractivity contribution in [2.75, 3.05) is 26.2 Å². The number of likely N-dealkylation sites (tertiary alicyclic amines) is 1. The van der Waals surface area contributed by atoms with Gasteiger partial charge in [-0.25, -0.2) is 0 Å². The van der Waals surface area contributed by atoms with Crippen molar-refractivity contribution >= 4 is 0 Å². The molecular weight excluding hydrogens is 256 g/mol. The summed E-state index contributed by atoms with van der Waals surface area (Å²) in [5.74, 6) is 2.85. The fourth-order valence-electron chi connectivity index (χ4n) is 4.41. The van der Waals surface area contributed by atoms with Gasteiger partial charge in [0.15, 0.2) is 0 Å². The Bertz CT molecular complexity index is 271. The van der Waals surface area contributed by atoms with E-state index in [0.717, 1.165) is 23.8 Å². The zero-order valence-electron chi connectivity index (χ0n) is 14.7. The summed E-state index contributed by atoms with van der Waals surface area (Å²) in [5.41, 5.74) is 0. The van der Waals surface area contributed by atoms with Crippen molar-refractivity contribution in [1.82, 2.24) is 10.2 Å². The van der Waals surface area contributed by atoms with Gasteiger partial charge in [0.05, 0.1) is 0 Å². The van der Waals surface area contributed by atoms with E-state index < -0.39 is 0 Å². The molecule has 2 fully saturated rings. The van der Waals surface area contributed by atoms with E-state index in [2.05, 4.69) is 31.0 Å². The standard InChI is InChI=1S/C19H38N2/c1-4-6-17-7-8-19(20-11-5-2)18(14-17)15-21-12-9-16(3)10-13-21/h16-20H,4-15H2,1-3H3. The third-order valence-electron chi connectivity index (χ3n) is 5.81. The van der Waals surface area contributed by atoms with E-state index in [0.29, 0.717) is 0 Å². The van der Waals surface area contributed by atoms with Gasteiger partial charge >= 0.3 is 0 Å². The van der Waals surface area contributed by atoms with Crippen LogP contribution in [-0.4, -0.2) is 37.1 Å².